The second kappa shape index (κ2) is 9.67. The number of methoxy groups -OCH3 is 1. The number of nitriles is 1. The van der Waals surface area contributed by atoms with Crippen molar-refractivity contribution in [3.8, 4) is 6.07 Å². The number of rotatable bonds is 8. The number of ether oxygens (including phenoxy) is 2. The quantitative estimate of drug-likeness (QED) is 0.397. The molecule has 0 N–H and O–H groups in total. The summed E-state index contributed by atoms with van der Waals surface area (Å²) in [6, 6.07) is 10.7. The molecule has 0 unspecified atom stereocenters. The van der Waals surface area contributed by atoms with Gasteiger partial charge in [-0.15, -0.1) is 0 Å². The van der Waals surface area contributed by atoms with Gasteiger partial charge in [-0.1, -0.05) is 12.1 Å². The molecule has 1 aromatic heterocycles. The molecular weight excluding hydrogens is 356 g/mol. The molecule has 1 atom stereocenters. The second-order valence-corrected chi connectivity index (χ2v) is 6.56. The number of aryl methyl sites for hydroxylation is 1. The van der Waals surface area contributed by atoms with Gasteiger partial charge in [0.15, 0.2) is 6.61 Å². The molecule has 0 bridgehead atoms. The summed E-state index contributed by atoms with van der Waals surface area (Å²) in [6.45, 7) is 6.05. The lowest BCUT2D eigenvalue weighted by atomic mass is 10.1. The maximum Gasteiger partial charge on any atom is 0.331 e. The Kier molecular flexibility index (Phi) is 7.30. The number of nitrogens with zero attached hydrogens (tertiary/aromatic N) is 2. The molecular formula is C22H24N2O4. The van der Waals surface area contributed by atoms with Gasteiger partial charge in [-0.2, -0.15) is 5.26 Å². The van der Waals surface area contributed by atoms with Crippen molar-refractivity contribution < 1.29 is 19.1 Å². The van der Waals surface area contributed by atoms with Crippen molar-refractivity contribution in [2.24, 2.45) is 0 Å². The maximum absolute atomic E-state index is 12.5. The molecule has 6 nitrogen and oxygen atoms in total. The summed E-state index contributed by atoms with van der Waals surface area (Å²) in [6.07, 6.45) is 2.84. The number of aromatic nitrogens is 1. The zero-order valence-corrected chi connectivity index (χ0v) is 16.6. The van der Waals surface area contributed by atoms with Crippen molar-refractivity contribution in [1.82, 2.24) is 4.57 Å². The predicted molar refractivity (Wildman–Crippen MR) is 106 cm³/mol. The molecule has 0 amide bonds. The van der Waals surface area contributed by atoms with Crippen LogP contribution in [0.4, 0.5) is 0 Å². The third-order valence-electron chi connectivity index (χ3n) is 4.43. The largest absolute Gasteiger partial charge is 0.454 e. The van der Waals surface area contributed by atoms with Crippen molar-refractivity contribution in [3.63, 3.8) is 0 Å². The smallest absolute Gasteiger partial charge is 0.331 e. The number of carbonyl (C=O) groups excluding carboxylic acids is 2. The Hall–Kier alpha value is -3.17. The van der Waals surface area contributed by atoms with Crippen LogP contribution < -0.4 is 0 Å². The van der Waals surface area contributed by atoms with Crippen LogP contribution in [0.3, 0.4) is 0 Å². The van der Waals surface area contributed by atoms with Crippen LogP contribution in [0.5, 0.6) is 0 Å². The van der Waals surface area contributed by atoms with Gasteiger partial charge in [0.05, 0.1) is 24.3 Å². The molecule has 0 aliphatic carbocycles. The minimum atomic E-state index is -0.598. The van der Waals surface area contributed by atoms with Crippen LogP contribution in [0.25, 0.3) is 6.08 Å². The fraction of sp³-hybridized carbons (Fsp3) is 0.318. The van der Waals surface area contributed by atoms with E-state index in [-0.39, 0.29) is 18.4 Å². The van der Waals surface area contributed by atoms with Crippen LogP contribution in [0.15, 0.2) is 36.4 Å². The summed E-state index contributed by atoms with van der Waals surface area (Å²) >= 11 is 0. The Labute approximate surface area is 165 Å². The average molecular weight is 380 g/mol. The van der Waals surface area contributed by atoms with E-state index in [0.29, 0.717) is 17.7 Å². The normalized spacial score (nSPS) is 12.0. The van der Waals surface area contributed by atoms with E-state index in [9.17, 15) is 9.59 Å². The maximum atomic E-state index is 12.5. The molecule has 0 spiro atoms. The van der Waals surface area contributed by atoms with Gasteiger partial charge >= 0.3 is 5.97 Å². The number of carbonyl (C=O) groups is 2. The predicted octanol–water partition coefficient (Wildman–Crippen LogP) is 3.62. The minimum Gasteiger partial charge on any atom is -0.454 e. The van der Waals surface area contributed by atoms with Gasteiger partial charge in [0.1, 0.15) is 0 Å². The second-order valence-electron chi connectivity index (χ2n) is 6.56. The molecule has 0 saturated carbocycles. The van der Waals surface area contributed by atoms with Gasteiger partial charge in [-0.05, 0) is 50.6 Å². The zero-order chi connectivity index (χ0) is 20.7. The third kappa shape index (κ3) is 5.18. The summed E-state index contributed by atoms with van der Waals surface area (Å²) in [5, 5.41) is 8.78. The van der Waals surface area contributed by atoms with E-state index >= 15 is 0 Å². The number of benzene rings is 1. The SMILES string of the molecule is COC[C@H](C)n1c(C)cc(C(=O)COC(=O)/C=C/c2ccc(C#N)cc2)c1C. The molecule has 1 aromatic carbocycles. The van der Waals surface area contributed by atoms with E-state index < -0.39 is 5.97 Å². The third-order valence-corrected chi connectivity index (χ3v) is 4.43. The van der Waals surface area contributed by atoms with Gasteiger partial charge < -0.3 is 14.0 Å². The van der Waals surface area contributed by atoms with Crippen LogP contribution in [0, 0.1) is 25.2 Å². The fourth-order valence-electron chi connectivity index (χ4n) is 3.15. The van der Waals surface area contributed by atoms with Crippen LogP contribution in [-0.2, 0) is 14.3 Å². The van der Waals surface area contributed by atoms with E-state index in [1.54, 1.807) is 37.5 Å². The van der Waals surface area contributed by atoms with Gasteiger partial charge in [0.25, 0.3) is 0 Å². The van der Waals surface area contributed by atoms with Crippen molar-refractivity contribution in [3.05, 3.63) is 64.5 Å². The lowest BCUT2D eigenvalue weighted by Crippen LogP contribution is -2.16. The molecule has 28 heavy (non-hydrogen) atoms. The average Bonchev–Trinajstić information content (AvgIpc) is 2.99. The fourth-order valence-corrected chi connectivity index (χ4v) is 3.15. The number of hydrogen-bond donors (Lipinski definition) is 0. The Balaban J connectivity index is 1.98. The lowest BCUT2D eigenvalue weighted by Gasteiger charge is -2.17. The molecule has 1 heterocycles. The zero-order valence-electron chi connectivity index (χ0n) is 16.6. The molecule has 0 saturated heterocycles. The Morgan fingerprint density at radius 3 is 2.54 bits per heavy atom. The van der Waals surface area contributed by atoms with E-state index in [4.69, 9.17) is 14.7 Å². The van der Waals surface area contributed by atoms with Crippen LogP contribution in [0.2, 0.25) is 0 Å². The molecule has 2 aromatic rings. The molecule has 0 fully saturated rings. The first-order chi connectivity index (χ1) is 13.4. The summed E-state index contributed by atoms with van der Waals surface area (Å²) in [4.78, 5) is 24.4. The van der Waals surface area contributed by atoms with Crippen LogP contribution >= 0.6 is 0 Å². The van der Waals surface area contributed by atoms with E-state index in [2.05, 4.69) is 0 Å². The van der Waals surface area contributed by atoms with Crippen molar-refractivity contribution in [2.75, 3.05) is 20.3 Å². The van der Waals surface area contributed by atoms with Crippen molar-refractivity contribution >= 4 is 17.8 Å². The van der Waals surface area contributed by atoms with Crippen LogP contribution in [-0.4, -0.2) is 36.6 Å². The highest BCUT2D eigenvalue weighted by atomic mass is 16.5. The topological polar surface area (TPSA) is 81.3 Å². The van der Waals surface area contributed by atoms with E-state index in [1.165, 1.54) is 6.08 Å². The van der Waals surface area contributed by atoms with Gasteiger partial charge in [0, 0.05) is 30.1 Å². The molecule has 146 valence electrons. The Morgan fingerprint density at radius 2 is 1.93 bits per heavy atom. The number of Topliss-reactive ketones (excluding diaryl/α,β-unsaturated/α-hetero) is 1. The van der Waals surface area contributed by atoms with Gasteiger partial charge in [-0.25, -0.2) is 4.79 Å². The van der Waals surface area contributed by atoms with Crippen molar-refractivity contribution in [2.45, 2.75) is 26.8 Å². The first-order valence-electron chi connectivity index (χ1n) is 8.93. The highest BCUT2D eigenvalue weighted by Gasteiger charge is 2.19. The summed E-state index contributed by atoms with van der Waals surface area (Å²) in [7, 11) is 1.64. The van der Waals surface area contributed by atoms with Gasteiger partial charge in [0.2, 0.25) is 5.78 Å². The molecule has 2 rings (SSSR count). The minimum absolute atomic E-state index is 0.101. The Bertz CT molecular complexity index is 917. The van der Waals surface area contributed by atoms with Crippen LogP contribution in [0.1, 0.15) is 45.8 Å². The first kappa shape index (κ1) is 21.1. The summed E-state index contributed by atoms with van der Waals surface area (Å²) in [5.74, 6) is -0.844. The molecule has 0 aliphatic heterocycles. The number of esters is 1. The molecule has 0 aliphatic rings. The lowest BCUT2D eigenvalue weighted by molar-refractivity contribution is -0.136. The van der Waals surface area contributed by atoms with E-state index in [1.807, 2.05) is 37.5 Å². The van der Waals surface area contributed by atoms with Gasteiger partial charge in [-0.3, -0.25) is 4.79 Å². The highest BCUT2D eigenvalue weighted by molar-refractivity contribution is 6.00. The summed E-state index contributed by atoms with van der Waals surface area (Å²) < 4.78 is 12.3. The van der Waals surface area contributed by atoms with Crippen molar-refractivity contribution in [1.29, 1.82) is 5.26 Å². The molecule has 0 radical (unpaired) electrons. The standard InChI is InChI=1S/C22H24N2O4/c1-15-11-20(17(3)24(15)16(2)13-27-4)21(25)14-28-22(26)10-9-18-5-7-19(12-23)8-6-18/h5-11,16H,13-14H2,1-4H3/b10-9+/t16-/m0/s1. The number of ketones is 1. The summed E-state index contributed by atoms with van der Waals surface area (Å²) in [5.41, 5.74) is 3.64. The number of hydrogen-bond acceptors (Lipinski definition) is 5. The van der Waals surface area contributed by atoms with E-state index in [0.717, 1.165) is 17.0 Å². The monoisotopic (exact) mass is 380 g/mol. The Morgan fingerprint density at radius 1 is 1.25 bits per heavy atom. The molecule has 6 heteroatoms. The highest BCUT2D eigenvalue weighted by Crippen LogP contribution is 2.21. The first-order valence-corrected chi connectivity index (χ1v) is 8.93.